The third kappa shape index (κ3) is 3.92. The normalized spacial score (nSPS) is 14.0. The lowest BCUT2D eigenvalue weighted by molar-refractivity contribution is -0.129. The summed E-state index contributed by atoms with van der Waals surface area (Å²) in [6, 6.07) is 15.7. The van der Waals surface area contributed by atoms with Crippen molar-refractivity contribution in [2.24, 2.45) is 0 Å². The molecule has 4 aromatic rings. The number of H-pyrrole nitrogens is 1. The molecule has 3 heterocycles. The number of piperazine rings is 1. The minimum absolute atomic E-state index is 0.136. The Bertz CT molecular complexity index is 1260. The smallest absolute Gasteiger partial charge is 0.219 e. The lowest BCUT2D eigenvalue weighted by atomic mass is 10.2. The standard InChI is InChI=1S/C23H24N8O/c1-15(32)30-9-11-31(12-10-30)19-7-5-18(6-8-19)26-23-21-20(14-25-29-21)27-22(28-23)16-3-2-4-17(24)13-16/h2-8,13-14H,9-12,24H2,1H3,(H,25,29)(H,26,27,28). The molecule has 0 unspecified atom stereocenters. The van der Waals surface area contributed by atoms with Crippen LogP contribution in [-0.4, -0.2) is 57.2 Å². The molecule has 4 N–H and O–H groups in total. The van der Waals surface area contributed by atoms with Gasteiger partial charge in [0.15, 0.2) is 11.6 Å². The Kier molecular flexibility index (Phi) is 5.06. The summed E-state index contributed by atoms with van der Waals surface area (Å²) in [5.41, 5.74) is 10.9. The van der Waals surface area contributed by atoms with Crippen molar-refractivity contribution in [1.29, 1.82) is 0 Å². The summed E-state index contributed by atoms with van der Waals surface area (Å²) in [6.45, 7) is 4.78. The number of nitrogens with one attached hydrogen (secondary N) is 2. The first kappa shape index (κ1) is 19.8. The van der Waals surface area contributed by atoms with Gasteiger partial charge < -0.3 is 20.9 Å². The number of nitrogens with zero attached hydrogens (tertiary/aromatic N) is 5. The number of aromatic nitrogens is 4. The van der Waals surface area contributed by atoms with E-state index in [-0.39, 0.29) is 5.91 Å². The molecule has 5 rings (SSSR count). The molecule has 1 saturated heterocycles. The van der Waals surface area contributed by atoms with Gasteiger partial charge in [0, 0.05) is 55.7 Å². The predicted octanol–water partition coefficient (Wildman–Crippen LogP) is 3.01. The Labute approximate surface area is 185 Å². The fraction of sp³-hybridized carbons (Fsp3) is 0.217. The molecule has 9 heteroatoms. The summed E-state index contributed by atoms with van der Waals surface area (Å²) in [6.07, 6.45) is 1.68. The number of hydrogen-bond acceptors (Lipinski definition) is 7. The van der Waals surface area contributed by atoms with E-state index in [2.05, 4.69) is 37.5 Å². The number of benzene rings is 2. The fourth-order valence-corrected chi connectivity index (χ4v) is 3.91. The van der Waals surface area contributed by atoms with Crippen molar-refractivity contribution in [2.45, 2.75) is 6.92 Å². The highest BCUT2D eigenvalue weighted by molar-refractivity contribution is 5.88. The SMILES string of the molecule is CC(=O)N1CCN(c2ccc(Nc3nc(-c4cccc(N)c4)nc4cn[nH]c34)cc2)CC1. The number of hydrogen-bond donors (Lipinski definition) is 3. The van der Waals surface area contributed by atoms with Gasteiger partial charge in [-0.1, -0.05) is 12.1 Å². The van der Waals surface area contributed by atoms with Crippen LogP contribution in [0.15, 0.2) is 54.7 Å². The summed E-state index contributed by atoms with van der Waals surface area (Å²) in [5, 5.41) is 10.5. The molecule has 1 aliphatic rings. The largest absolute Gasteiger partial charge is 0.399 e. The van der Waals surface area contributed by atoms with Crippen LogP contribution in [-0.2, 0) is 4.79 Å². The first-order chi connectivity index (χ1) is 15.6. The van der Waals surface area contributed by atoms with Crippen molar-refractivity contribution in [1.82, 2.24) is 25.1 Å². The first-order valence-electron chi connectivity index (χ1n) is 10.5. The monoisotopic (exact) mass is 428 g/mol. The van der Waals surface area contributed by atoms with E-state index in [0.29, 0.717) is 17.3 Å². The third-order valence-corrected chi connectivity index (χ3v) is 5.67. The van der Waals surface area contributed by atoms with E-state index in [1.807, 2.05) is 41.3 Å². The number of aromatic amines is 1. The third-order valence-electron chi connectivity index (χ3n) is 5.67. The van der Waals surface area contributed by atoms with E-state index in [1.165, 1.54) is 0 Å². The number of carbonyl (C=O) groups excluding carboxylic acids is 1. The molecule has 32 heavy (non-hydrogen) atoms. The Hall–Kier alpha value is -4.14. The summed E-state index contributed by atoms with van der Waals surface area (Å²) < 4.78 is 0. The maximum Gasteiger partial charge on any atom is 0.219 e. The van der Waals surface area contributed by atoms with Gasteiger partial charge in [-0.25, -0.2) is 9.97 Å². The van der Waals surface area contributed by atoms with Crippen molar-refractivity contribution in [3.8, 4) is 11.4 Å². The van der Waals surface area contributed by atoms with Crippen LogP contribution in [0.4, 0.5) is 22.9 Å². The molecule has 0 atom stereocenters. The van der Waals surface area contributed by atoms with Gasteiger partial charge in [-0.2, -0.15) is 5.10 Å². The van der Waals surface area contributed by atoms with Crippen molar-refractivity contribution in [3.05, 3.63) is 54.7 Å². The molecular weight excluding hydrogens is 404 g/mol. The first-order valence-corrected chi connectivity index (χ1v) is 10.5. The second-order valence-corrected chi connectivity index (χ2v) is 7.82. The molecular formula is C23H24N8O. The molecule has 0 saturated carbocycles. The molecule has 0 aliphatic carbocycles. The van der Waals surface area contributed by atoms with Crippen molar-refractivity contribution >= 4 is 39.8 Å². The van der Waals surface area contributed by atoms with E-state index in [0.717, 1.165) is 54.2 Å². The second-order valence-electron chi connectivity index (χ2n) is 7.82. The molecule has 0 radical (unpaired) electrons. The van der Waals surface area contributed by atoms with Gasteiger partial charge in [0.05, 0.1) is 6.20 Å². The van der Waals surface area contributed by atoms with Crippen LogP contribution >= 0.6 is 0 Å². The maximum atomic E-state index is 11.5. The summed E-state index contributed by atoms with van der Waals surface area (Å²) in [7, 11) is 0. The molecule has 2 aromatic carbocycles. The van der Waals surface area contributed by atoms with E-state index < -0.39 is 0 Å². The van der Waals surface area contributed by atoms with Crippen molar-refractivity contribution in [3.63, 3.8) is 0 Å². The average molecular weight is 429 g/mol. The number of fused-ring (bicyclic) bond motifs is 1. The zero-order valence-electron chi connectivity index (χ0n) is 17.7. The van der Waals surface area contributed by atoms with Gasteiger partial charge in [0.2, 0.25) is 5.91 Å². The number of nitrogens with two attached hydrogens (primary N) is 1. The van der Waals surface area contributed by atoms with Crippen LogP contribution in [0.2, 0.25) is 0 Å². The lowest BCUT2D eigenvalue weighted by Crippen LogP contribution is -2.48. The van der Waals surface area contributed by atoms with Gasteiger partial charge in [0.1, 0.15) is 11.0 Å². The van der Waals surface area contributed by atoms with E-state index in [4.69, 9.17) is 10.7 Å². The van der Waals surface area contributed by atoms with Crippen LogP contribution in [0.5, 0.6) is 0 Å². The Morgan fingerprint density at radius 2 is 1.84 bits per heavy atom. The van der Waals surface area contributed by atoms with Crippen LogP contribution in [0, 0.1) is 0 Å². The van der Waals surface area contributed by atoms with Gasteiger partial charge in [-0.05, 0) is 36.4 Å². The molecule has 0 bridgehead atoms. The van der Waals surface area contributed by atoms with Crippen LogP contribution < -0.4 is 16.0 Å². The van der Waals surface area contributed by atoms with Gasteiger partial charge >= 0.3 is 0 Å². The predicted molar refractivity (Wildman–Crippen MR) is 126 cm³/mol. The number of anilines is 4. The zero-order valence-corrected chi connectivity index (χ0v) is 17.7. The fourth-order valence-electron chi connectivity index (χ4n) is 3.91. The summed E-state index contributed by atoms with van der Waals surface area (Å²) in [4.78, 5) is 25.0. The molecule has 162 valence electrons. The van der Waals surface area contributed by atoms with E-state index in [1.54, 1.807) is 13.1 Å². The van der Waals surface area contributed by atoms with Crippen LogP contribution in [0.1, 0.15) is 6.92 Å². The van der Waals surface area contributed by atoms with Gasteiger partial charge in [0.25, 0.3) is 0 Å². The van der Waals surface area contributed by atoms with E-state index >= 15 is 0 Å². The topological polar surface area (TPSA) is 116 Å². The molecule has 0 spiro atoms. The second kappa shape index (κ2) is 8.18. The van der Waals surface area contributed by atoms with Crippen molar-refractivity contribution < 1.29 is 4.79 Å². The maximum absolute atomic E-state index is 11.5. The molecule has 1 amide bonds. The average Bonchev–Trinajstić information content (AvgIpc) is 3.29. The number of rotatable bonds is 4. The number of carbonyl (C=O) groups is 1. The molecule has 9 nitrogen and oxygen atoms in total. The number of nitrogen functional groups attached to an aromatic ring is 1. The Morgan fingerprint density at radius 1 is 1.06 bits per heavy atom. The Morgan fingerprint density at radius 3 is 2.56 bits per heavy atom. The van der Waals surface area contributed by atoms with Gasteiger partial charge in [-0.15, -0.1) is 0 Å². The lowest BCUT2D eigenvalue weighted by Gasteiger charge is -2.35. The van der Waals surface area contributed by atoms with Crippen molar-refractivity contribution in [2.75, 3.05) is 42.1 Å². The molecule has 1 fully saturated rings. The quantitative estimate of drug-likeness (QED) is 0.428. The van der Waals surface area contributed by atoms with Crippen LogP contribution in [0.25, 0.3) is 22.4 Å². The molecule has 2 aromatic heterocycles. The zero-order chi connectivity index (χ0) is 22.1. The highest BCUT2D eigenvalue weighted by atomic mass is 16.2. The van der Waals surface area contributed by atoms with E-state index in [9.17, 15) is 4.79 Å². The summed E-state index contributed by atoms with van der Waals surface area (Å²) in [5.74, 6) is 1.36. The number of amides is 1. The minimum Gasteiger partial charge on any atom is -0.399 e. The Balaban J connectivity index is 1.38. The highest BCUT2D eigenvalue weighted by Crippen LogP contribution is 2.28. The minimum atomic E-state index is 0.136. The summed E-state index contributed by atoms with van der Waals surface area (Å²) >= 11 is 0. The van der Waals surface area contributed by atoms with Gasteiger partial charge in [-0.3, -0.25) is 9.89 Å². The molecule has 1 aliphatic heterocycles. The van der Waals surface area contributed by atoms with Crippen LogP contribution in [0.3, 0.4) is 0 Å². The highest BCUT2D eigenvalue weighted by Gasteiger charge is 2.19.